The maximum Gasteiger partial charge on any atom is 0.328 e. The maximum atomic E-state index is 11.8. The second kappa shape index (κ2) is 5.44. The van der Waals surface area contributed by atoms with Crippen LogP contribution in [0.25, 0.3) is 0 Å². The van der Waals surface area contributed by atoms with Gasteiger partial charge in [-0.3, -0.25) is 30.1 Å². The third-order valence-corrected chi connectivity index (χ3v) is 3.52. The molecule has 9 heteroatoms. The van der Waals surface area contributed by atoms with E-state index < -0.39 is 23.9 Å². The smallest absolute Gasteiger partial charge is 0.328 e. The molecule has 2 aliphatic heterocycles. The largest absolute Gasteiger partial charge is 0.353 e. The molecule has 0 bridgehead atoms. The van der Waals surface area contributed by atoms with Crippen molar-refractivity contribution in [2.45, 2.75) is 6.04 Å². The first kappa shape index (κ1) is 13.4. The van der Waals surface area contributed by atoms with Crippen molar-refractivity contribution in [1.29, 1.82) is 0 Å². The first-order valence-electron chi connectivity index (χ1n) is 6.56. The molecule has 0 radical (unpaired) electrons. The monoisotopic (exact) mass is 290 g/mol. The lowest BCUT2D eigenvalue weighted by Crippen LogP contribution is -2.66. The standard InChI is InChI=1S/C12H14N6O3/c19-10-9(11(20)16-12(21)15-10)18-5-3-17(4-6-18)8-7-13-1-2-14-8/h1-2,7,9H,3-6H2,(H2,15,16,19,20,21). The molecule has 0 aliphatic carbocycles. The molecule has 2 N–H and O–H groups in total. The van der Waals surface area contributed by atoms with Gasteiger partial charge in [0.25, 0.3) is 11.8 Å². The van der Waals surface area contributed by atoms with Crippen LogP contribution in [-0.4, -0.2) is 64.9 Å². The third kappa shape index (κ3) is 2.68. The fourth-order valence-electron chi connectivity index (χ4n) is 2.51. The van der Waals surface area contributed by atoms with E-state index in [4.69, 9.17) is 0 Å². The lowest BCUT2D eigenvalue weighted by Gasteiger charge is -2.39. The lowest BCUT2D eigenvalue weighted by atomic mass is 10.1. The quantitative estimate of drug-likeness (QED) is 0.627. The van der Waals surface area contributed by atoms with Gasteiger partial charge in [0, 0.05) is 38.6 Å². The summed E-state index contributed by atoms with van der Waals surface area (Å²) in [5, 5.41) is 4.23. The Morgan fingerprint density at radius 1 is 1.00 bits per heavy atom. The van der Waals surface area contributed by atoms with Gasteiger partial charge >= 0.3 is 6.03 Å². The van der Waals surface area contributed by atoms with E-state index in [9.17, 15) is 14.4 Å². The van der Waals surface area contributed by atoms with Crippen molar-refractivity contribution < 1.29 is 14.4 Å². The molecular formula is C12H14N6O3. The summed E-state index contributed by atoms with van der Waals surface area (Å²) in [4.78, 5) is 46.7. The number of barbiturate groups is 1. The molecule has 110 valence electrons. The van der Waals surface area contributed by atoms with Gasteiger partial charge in [-0.05, 0) is 0 Å². The zero-order chi connectivity index (χ0) is 14.8. The van der Waals surface area contributed by atoms with Crippen molar-refractivity contribution in [2.24, 2.45) is 0 Å². The molecule has 0 saturated carbocycles. The van der Waals surface area contributed by atoms with Crippen molar-refractivity contribution in [1.82, 2.24) is 25.5 Å². The molecule has 2 saturated heterocycles. The summed E-state index contributed by atoms with van der Waals surface area (Å²) in [5.41, 5.74) is 0. The Morgan fingerprint density at radius 3 is 2.24 bits per heavy atom. The molecule has 3 rings (SSSR count). The van der Waals surface area contributed by atoms with Crippen LogP contribution in [0.5, 0.6) is 0 Å². The van der Waals surface area contributed by atoms with Crippen molar-refractivity contribution in [3.63, 3.8) is 0 Å². The van der Waals surface area contributed by atoms with Crippen LogP contribution in [0.15, 0.2) is 18.6 Å². The number of rotatable bonds is 2. The van der Waals surface area contributed by atoms with Crippen LogP contribution in [0, 0.1) is 0 Å². The van der Waals surface area contributed by atoms with Gasteiger partial charge in [-0.2, -0.15) is 0 Å². The molecule has 3 heterocycles. The number of carbonyl (C=O) groups is 3. The number of anilines is 1. The lowest BCUT2D eigenvalue weighted by molar-refractivity contribution is -0.138. The Balaban J connectivity index is 1.64. The number of hydrogen-bond donors (Lipinski definition) is 2. The molecule has 0 atom stereocenters. The molecule has 0 spiro atoms. The highest BCUT2D eigenvalue weighted by Crippen LogP contribution is 2.14. The average molecular weight is 290 g/mol. The highest BCUT2D eigenvalue weighted by Gasteiger charge is 2.39. The van der Waals surface area contributed by atoms with E-state index in [2.05, 4.69) is 20.6 Å². The van der Waals surface area contributed by atoms with Crippen molar-refractivity contribution in [3.8, 4) is 0 Å². The maximum absolute atomic E-state index is 11.8. The summed E-state index contributed by atoms with van der Waals surface area (Å²) < 4.78 is 0. The number of nitrogens with one attached hydrogen (secondary N) is 2. The number of carbonyl (C=O) groups excluding carboxylic acids is 3. The number of hydrogen-bond acceptors (Lipinski definition) is 7. The fourth-order valence-corrected chi connectivity index (χ4v) is 2.51. The van der Waals surface area contributed by atoms with Crippen LogP contribution in [0.4, 0.5) is 10.6 Å². The molecule has 4 amide bonds. The van der Waals surface area contributed by atoms with Crippen molar-refractivity contribution in [2.75, 3.05) is 31.1 Å². The number of imide groups is 2. The van der Waals surface area contributed by atoms with Gasteiger partial charge in [-0.25, -0.2) is 9.78 Å². The van der Waals surface area contributed by atoms with Gasteiger partial charge in [0.2, 0.25) is 0 Å². The molecule has 21 heavy (non-hydrogen) atoms. The summed E-state index contributed by atoms with van der Waals surface area (Å²) >= 11 is 0. The van der Waals surface area contributed by atoms with E-state index in [0.717, 1.165) is 5.82 Å². The summed E-state index contributed by atoms with van der Waals surface area (Å²) in [7, 11) is 0. The van der Waals surface area contributed by atoms with Crippen LogP contribution in [0.1, 0.15) is 0 Å². The minimum atomic E-state index is -0.952. The minimum absolute atomic E-state index is 0.524. The van der Waals surface area contributed by atoms with Crippen LogP contribution >= 0.6 is 0 Å². The van der Waals surface area contributed by atoms with Crippen LogP contribution in [0.2, 0.25) is 0 Å². The van der Waals surface area contributed by atoms with Crippen molar-refractivity contribution >= 4 is 23.7 Å². The first-order chi connectivity index (χ1) is 10.1. The molecule has 2 aliphatic rings. The van der Waals surface area contributed by atoms with E-state index in [1.165, 1.54) is 0 Å². The van der Waals surface area contributed by atoms with E-state index in [0.29, 0.717) is 26.2 Å². The topological polar surface area (TPSA) is 108 Å². The van der Waals surface area contributed by atoms with Gasteiger partial charge in [0.05, 0.1) is 6.20 Å². The number of nitrogens with zero attached hydrogens (tertiary/aromatic N) is 4. The van der Waals surface area contributed by atoms with Gasteiger partial charge in [0.1, 0.15) is 5.82 Å². The van der Waals surface area contributed by atoms with Crippen LogP contribution in [-0.2, 0) is 9.59 Å². The van der Waals surface area contributed by atoms with E-state index in [1.54, 1.807) is 23.5 Å². The number of aromatic nitrogens is 2. The summed E-state index contributed by atoms with van der Waals surface area (Å²) in [6.45, 7) is 2.31. The van der Waals surface area contributed by atoms with Crippen LogP contribution < -0.4 is 15.5 Å². The fraction of sp³-hybridized carbons (Fsp3) is 0.417. The Hall–Kier alpha value is -2.55. The SMILES string of the molecule is O=C1NC(=O)C(N2CCN(c3cnccn3)CC2)C(=O)N1. The minimum Gasteiger partial charge on any atom is -0.353 e. The Bertz CT molecular complexity index is 550. The number of urea groups is 1. The third-order valence-electron chi connectivity index (χ3n) is 3.52. The molecule has 0 unspecified atom stereocenters. The van der Waals surface area contributed by atoms with Crippen LogP contribution in [0.3, 0.4) is 0 Å². The second-order valence-electron chi connectivity index (χ2n) is 4.80. The number of piperazine rings is 1. The van der Waals surface area contributed by atoms with Gasteiger partial charge in [0.15, 0.2) is 6.04 Å². The normalized spacial score (nSPS) is 21.1. The van der Waals surface area contributed by atoms with Gasteiger partial charge in [-0.1, -0.05) is 0 Å². The molecular weight excluding hydrogens is 276 g/mol. The molecule has 2 fully saturated rings. The summed E-state index contributed by atoms with van der Waals surface area (Å²) in [6, 6.07) is -1.72. The Morgan fingerprint density at radius 2 is 1.67 bits per heavy atom. The average Bonchev–Trinajstić information content (AvgIpc) is 2.48. The zero-order valence-corrected chi connectivity index (χ0v) is 11.2. The van der Waals surface area contributed by atoms with Gasteiger partial charge in [-0.15, -0.1) is 0 Å². The Labute approximate surface area is 120 Å². The van der Waals surface area contributed by atoms with Gasteiger partial charge < -0.3 is 4.90 Å². The van der Waals surface area contributed by atoms with E-state index in [-0.39, 0.29) is 0 Å². The zero-order valence-electron chi connectivity index (χ0n) is 11.2. The van der Waals surface area contributed by atoms with E-state index in [1.807, 2.05) is 4.90 Å². The highest BCUT2D eigenvalue weighted by atomic mass is 16.2. The predicted octanol–water partition coefficient (Wildman–Crippen LogP) is -1.67. The molecule has 0 aromatic carbocycles. The molecule has 1 aromatic rings. The molecule has 1 aromatic heterocycles. The molecule has 9 nitrogen and oxygen atoms in total. The van der Waals surface area contributed by atoms with Crippen molar-refractivity contribution in [3.05, 3.63) is 18.6 Å². The van der Waals surface area contributed by atoms with E-state index >= 15 is 0 Å². The first-order valence-corrected chi connectivity index (χ1v) is 6.56. The summed E-state index contributed by atoms with van der Waals surface area (Å²) in [5.74, 6) is -0.377. The second-order valence-corrected chi connectivity index (χ2v) is 4.80. The summed E-state index contributed by atoms with van der Waals surface area (Å²) in [6.07, 6.45) is 4.90. The predicted molar refractivity (Wildman–Crippen MR) is 71.3 cm³/mol. The Kier molecular flexibility index (Phi) is 3.48. The highest BCUT2D eigenvalue weighted by molar-refractivity contribution is 6.18. The number of amides is 4.